The van der Waals surface area contributed by atoms with Gasteiger partial charge < -0.3 is 5.73 Å². The van der Waals surface area contributed by atoms with Crippen molar-refractivity contribution >= 4 is 0 Å². The molecule has 1 heteroatoms. The van der Waals surface area contributed by atoms with E-state index in [4.69, 9.17) is 5.73 Å². The Morgan fingerprint density at radius 1 is 1.50 bits per heavy atom. The highest BCUT2D eigenvalue weighted by molar-refractivity contribution is 4.75. The summed E-state index contributed by atoms with van der Waals surface area (Å²) in [5.74, 6) is 0.881. The number of unbranched alkanes of at least 4 members (excludes halogenated alkanes) is 1. The summed E-state index contributed by atoms with van der Waals surface area (Å²) in [6.45, 7) is 4.54. The first-order valence-electron chi connectivity index (χ1n) is 4.18. The van der Waals surface area contributed by atoms with Gasteiger partial charge in [-0.3, -0.25) is 0 Å². The molecule has 60 valence electrons. The molecule has 0 rings (SSSR count). The van der Waals surface area contributed by atoms with Crippen LogP contribution in [0.1, 0.15) is 39.5 Å². The maximum absolute atomic E-state index is 5.20. The van der Waals surface area contributed by atoms with E-state index in [0.29, 0.717) is 0 Å². The van der Waals surface area contributed by atoms with Crippen LogP contribution in [0.25, 0.3) is 0 Å². The Morgan fingerprint density at radius 3 is 2.70 bits per heavy atom. The van der Waals surface area contributed by atoms with E-state index in [2.05, 4.69) is 13.8 Å². The zero-order valence-electron chi connectivity index (χ0n) is 7.14. The molecule has 0 bridgehead atoms. The van der Waals surface area contributed by atoms with Gasteiger partial charge in [-0.05, 0) is 25.0 Å². The summed E-state index contributed by atoms with van der Waals surface area (Å²) in [7, 11) is 0. The standard InChI is InChI=1S/C9H19N/c1-3-9(2)7-5-4-6-8-10/h6,8-9H,3-5,7,10H2,1-2H3/b8-6+. The number of allylic oxidation sites excluding steroid dienone is 1. The zero-order valence-corrected chi connectivity index (χ0v) is 7.14. The van der Waals surface area contributed by atoms with Crippen molar-refractivity contribution in [2.75, 3.05) is 0 Å². The lowest BCUT2D eigenvalue weighted by atomic mass is 10.0. The first-order chi connectivity index (χ1) is 4.81. The average molecular weight is 141 g/mol. The summed E-state index contributed by atoms with van der Waals surface area (Å²) in [5.41, 5.74) is 5.20. The molecule has 0 saturated carbocycles. The minimum atomic E-state index is 0.881. The fourth-order valence-electron chi connectivity index (χ4n) is 0.885. The Kier molecular flexibility index (Phi) is 6.35. The maximum atomic E-state index is 5.20. The predicted molar refractivity (Wildman–Crippen MR) is 46.6 cm³/mol. The molecule has 0 amide bonds. The summed E-state index contributed by atoms with van der Waals surface area (Å²) >= 11 is 0. The molecule has 10 heavy (non-hydrogen) atoms. The van der Waals surface area contributed by atoms with Crippen LogP contribution in [0.15, 0.2) is 12.3 Å². The van der Waals surface area contributed by atoms with Gasteiger partial charge in [0.2, 0.25) is 0 Å². The lowest BCUT2D eigenvalue weighted by molar-refractivity contribution is 0.498. The molecule has 1 atom stereocenters. The Hall–Kier alpha value is -0.460. The van der Waals surface area contributed by atoms with Crippen LogP contribution in [0.5, 0.6) is 0 Å². The molecule has 0 aromatic heterocycles. The quantitative estimate of drug-likeness (QED) is 0.585. The zero-order chi connectivity index (χ0) is 7.82. The van der Waals surface area contributed by atoms with Crippen LogP contribution < -0.4 is 5.73 Å². The molecular formula is C9H19N. The monoisotopic (exact) mass is 141 g/mol. The van der Waals surface area contributed by atoms with Gasteiger partial charge in [0.1, 0.15) is 0 Å². The molecule has 0 aliphatic carbocycles. The van der Waals surface area contributed by atoms with Gasteiger partial charge in [0.15, 0.2) is 0 Å². The second-order valence-electron chi connectivity index (χ2n) is 2.87. The molecule has 1 unspecified atom stereocenters. The Morgan fingerprint density at radius 2 is 2.20 bits per heavy atom. The fraction of sp³-hybridized carbons (Fsp3) is 0.778. The SMILES string of the molecule is CCC(C)CCC/C=C/N. The maximum Gasteiger partial charge on any atom is -0.0103 e. The first kappa shape index (κ1) is 9.54. The lowest BCUT2D eigenvalue weighted by Gasteiger charge is -2.04. The topological polar surface area (TPSA) is 26.0 Å². The van der Waals surface area contributed by atoms with E-state index in [-0.39, 0.29) is 0 Å². The van der Waals surface area contributed by atoms with Gasteiger partial charge in [-0.25, -0.2) is 0 Å². The Bertz CT molecular complexity index is 86.7. The average Bonchev–Trinajstić information content (AvgIpc) is 1.98. The van der Waals surface area contributed by atoms with Gasteiger partial charge in [-0.2, -0.15) is 0 Å². The highest BCUT2D eigenvalue weighted by atomic mass is 14.5. The highest BCUT2D eigenvalue weighted by Crippen LogP contribution is 2.10. The second kappa shape index (κ2) is 6.66. The van der Waals surface area contributed by atoms with Crippen LogP contribution in [0.3, 0.4) is 0 Å². The van der Waals surface area contributed by atoms with Gasteiger partial charge in [-0.1, -0.05) is 32.8 Å². The largest absolute Gasteiger partial charge is 0.405 e. The molecule has 0 heterocycles. The summed E-state index contributed by atoms with van der Waals surface area (Å²) in [6.07, 6.45) is 8.72. The van der Waals surface area contributed by atoms with Crippen molar-refractivity contribution in [2.24, 2.45) is 11.7 Å². The van der Waals surface area contributed by atoms with Gasteiger partial charge in [0.25, 0.3) is 0 Å². The van der Waals surface area contributed by atoms with E-state index < -0.39 is 0 Å². The summed E-state index contributed by atoms with van der Waals surface area (Å²) in [6, 6.07) is 0. The van der Waals surface area contributed by atoms with Crippen molar-refractivity contribution in [2.45, 2.75) is 39.5 Å². The third kappa shape index (κ3) is 5.67. The smallest absolute Gasteiger partial charge is 0.0103 e. The van der Waals surface area contributed by atoms with Crippen molar-refractivity contribution in [3.63, 3.8) is 0 Å². The highest BCUT2D eigenvalue weighted by Gasteiger charge is 1.95. The van der Waals surface area contributed by atoms with Crippen LogP contribution in [-0.4, -0.2) is 0 Å². The molecule has 0 radical (unpaired) electrons. The molecule has 0 aliphatic rings. The van der Waals surface area contributed by atoms with Gasteiger partial charge >= 0.3 is 0 Å². The predicted octanol–water partition coefficient (Wildman–Crippen LogP) is 2.68. The minimum absolute atomic E-state index is 0.881. The van der Waals surface area contributed by atoms with Crippen molar-refractivity contribution in [1.82, 2.24) is 0 Å². The second-order valence-corrected chi connectivity index (χ2v) is 2.87. The number of rotatable bonds is 5. The van der Waals surface area contributed by atoms with E-state index in [0.717, 1.165) is 12.3 Å². The van der Waals surface area contributed by atoms with Crippen molar-refractivity contribution in [1.29, 1.82) is 0 Å². The minimum Gasteiger partial charge on any atom is -0.405 e. The number of hydrogen-bond donors (Lipinski definition) is 1. The molecule has 0 saturated heterocycles. The molecular weight excluding hydrogens is 122 g/mol. The van der Waals surface area contributed by atoms with E-state index in [9.17, 15) is 0 Å². The summed E-state index contributed by atoms with van der Waals surface area (Å²) < 4.78 is 0. The molecule has 0 aromatic carbocycles. The summed E-state index contributed by atoms with van der Waals surface area (Å²) in [4.78, 5) is 0. The Labute approximate surface area is 64.3 Å². The normalized spacial score (nSPS) is 14.2. The van der Waals surface area contributed by atoms with Gasteiger partial charge in [0, 0.05) is 0 Å². The third-order valence-corrected chi connectivity index (χ3v) is 1.90. The Balaban J connectivity index is 3.03. The van der Waals surface area contributed by atoms with Crippen molar-refractivity contribution < 1.29 is 0 Å². The van der Waals surface area contributed by atoms with Crippen LogP contribution in [-0.2, 0) is 0 Å². The third-order valence-electron chi connectivity index (χ3n) is 1.90. The van der Waals surface area contributed by atoms with Crippen LogP contribution in [0.4, 0.5) is 0 Å². The molecule has 0 fully saturated rings. The van der Waals surface area contributed by atoms with E-state index in [1.54, 1.807) is 6.20 Å². The van der Waals surface area contributed by atoms with Crippen LogP contribution >= 0.6 is 0 Å². The van der Waals surface area contributed by atoms with Crippen LogP contribution in [0, 0.1) is 5.92 Å². The summed E-state index contributed by atoms with van der Waals surface area (Å²) in [5, 5.41) is 0. The molecule has 0 aliphatic heterocycles. The first-order valence-corrected chi connectivity index (χ1v) is 4.18. The molecule has 0 aromatic rings. The van der Waals surface area contributed by atoms with E-state index >= 15 is 0 Å². The molecule has 0 spiro atoms. The van der Waals surface area contributed by atoms with Crippen molar-refractivity contribution in [3.8, 4) is 0 Å². The van der Waals surface area contributed by atoms with Gasteiger partial charge in [-0.15, -0.1) is 0 Å². The molecule has 2 N–H and O–H groups in total. The number of hydrogen-bond acceptors (Lipinski definition) is 1. The van der Waals surface area contributed by atoms with E-state index in [1.165, 1.54) is 19.3 Å². The van der Waals surface area contributed by atoms with Gasteiger partial charge in [0.05, 0.1) is 0 Å². The van der Waals surface area contributed by atoms with E-state index in [1.807, 2.05) is 6.08 Å². The molecule has 1 nitrogen and oxygen atoms in total. The van der Waals surface area contributed by atoms with Crippen LogP contribution in [0.2, 0.25) is 0 Å². The fourth-order valence-corrected chi connectivity index (χ4v) is 0.885. The lowest BCUT2D eigenvalue weighted by Crippen LogP contribution is -1.90. The number of nitrogens with two attached hydrogens (primary N) is 1. The van der Waals surface area contributed by atoms with Crippen molar-refractivity contribution in [3.05, 3.63) is 12.3 Å².